The summed E-state index contributed by atoms with van der Waals surface area (Å²) in [7, 11) is 0. The van der Waals surface area contributed by atoms with E-state index in [1.165, 1.54) is 17.1 Å². The van der Waals surface area contributed by atoms with Gasteiger partial charge in [-0.15, -0.1) is 0 Å². The summed E-state index contributed by atoms with van der Waals surface area (Å²) in [5.74, 6) is 2.43. The Labute approximate surface area is 108 Å². The number of hydrogen-bond donors (Lipinski definition) is 1. The Hall–Kier alpha value is -0.510. The number of nitrogens with zero attached hydrogens (tertiary/aromatic N) is 1. The van der Waals surface area contributed by atoms with Gasteiger partial charge in [-0.05, 0) is 18.4 Å². The Bertz CT molecular complexity index is 311. The van der Waals surface area contributed by atoms with Gasteiger partial charge >= 0.3 is 0 Å². The van der Waals surface area contributed by atoms with E-state index in [1.54, 1.807) is 0 Å². The molecule has 0 aromatic heterocycles. The van der Waals surface area contributed by atoms with Gasteiger partial charge in [-0.25, -0.2) is 0 Å². The van der Waals surface area contributed by atoms with Crippen LogP contribution < -0.4 is 0 Å². The molecule has 1 N–H and O–H groups in total. The van der Waals surface area contributed by atoms with Crippen LogP contribution in [0.4, 0.5) is 0 Å². The van der Waals surface area contributed by atoms with Gasteiger partial charge in [0.25, 0.3) is 0 Å². The molecule has 1 fully saturated rings. The maximum Gasteiger partial charge on any atom is 0.0670 e. The van der Waals surface area contributed by atoms with Gasteiger partial charge in [0.1, 0.15) is 0 Å². The number of aliphatic hydroxyl groups is 1. The number of benzene rings is 1. The van der Waals surface area contributed by atoms with Crippen LogP contribution in [0.15, 0.2) is 30.3 Å². The minimum atomic E-state index is -0.182. The monoisotopic (exact) mass is 251 g/mol. The lowest BCUT2D eigenvalue weighted by Gasteiger charge is -2.28. The number of hydrogen-bond acceptors (Lipinski definition) is 3. The molecular formula is C14H21NOS. The molecule has 2 rings (SSSR count). The van der Waals surface area contributed by atoms with Gasteiger partial charge in [0.05, 0.1) is 6.10 Å². The molecule has 1 saturated heterocycles. The topological polar surface area (TPSA) is 23.5 Å². The first kappa shape index (κ1) is 12.9. The second kappa shape index (κ2) is 7.04. The van der Waals surface area contributed by atoms with Crippen molar-refractivity contribution in [2.45, 2.75) is 18.9 Å². The van der Waals surface area contributed by atoms with Crippen LogP contribution >= 0.6 is 11.8 Å². The highest BCUT2D eigenvalue weighted by molar-refractivity contribution is 7.99. The van der Waals surface area contributed by atoms with Crippen molar-refractivity contribution in [3.63, 3.8) is 0 Å². The molecular weight excluding hydrogens is 230 g/mol. The van der Waals surface area contributed by atoms with Crippen LogP contribution in [-0.4, -0.2) is 47.3 Å². The third kappa shape index (κ3) is 4.70. The summed E-state index contributed by atoms with van der Waals surface area (Å²) in [4.78, 5) is 2.38. The van der Waals surface area contributed by atoms with Crippen LogP contribution in [0.2, 0.25) is 0 Å². The summed E-state index contributed by atoms with van der Waals surface area (Å²) in [6.45, 7) is 3.10. The summed E-state index contributed by atoms with van der Waals surface area (Å²) in [6, 6.07) is 10.4. The van der Waals surface area contributed by atoms with Crippen molar-refractivity contribution < 1.29 is 5.11 Å². The predicted octanol–water partition coefficient (Wildman–Crippen LogP) is 2.03. The van der Waals surface area contributed by atoms with Crippen LogP contribution in [0.5, 0.6) is 0 Å². The first-order valence-electron chi connectivity index (χ1n) is 6.36. The smallest absolute Gasteiger partial charge is 0.0670 e. The third-order valence-electron chi connectivity index (χ3n) is 3.18. The van der Waals surface area contributed by atoms with Crippen LogP contribution in [0.1, 0.15) is 12.0 Å². The molecule has 1 aliphatic rings. The molecule has 94 valence electrons. The molecule has 0 saturated carbocycles. The number of β-amino-alcohol motifs (C(OH)–C–C–N with tert-alkyl or cyclic N) is 1. The highest BCUT2D eigenvalue weighted by Gasteiger charge is 2.14. The molecule has 0 aliphatic carbocycles. The molecule has 0 bridgehead atoms. The van der Waals surface area contributed by atoms with E-state index in [-0.39, 0.29) is 6.10 Å². The van der Waals surface area contributed by atoms with Crippen molar-refractivity contribution in [1.29, 1.82) is 0 Å². The van der Waals surface area contributed by atoms with E-state index in [2.05, 4.69) is 29.2 Å². The van der Waals surface area contributed by atoms with Gasteiger partial charge in [-0.3, -0.25) is 4.90 Å². The minimum absolute atomic E-state index is 0.182. The van der Waals surface area contributed by atoms with Crippen molar-refractivity contribution in [3.05, 3.63) is 35.9 Å². The molecule has 1 heterocycles. The number of aryl methyl sites for hydroxylation is 1. The Morgan fingerprint density at radius 1 is 1.18 bits per heavy atom. The van der Waals surface area contributed by atoms with Crippen LogP contribution in [0, 0.1) is 0 Å². The van der Waals surface area contributed by atoms with E-state index in [4.69, 9.17) is 0 Å². The normalized spacial score (nSPS) is 19.1. The van der Waals surface area contributed by atoms with Crippen molar-refractivity contribution in [2.24, 2.45) is 0 Å². The van der Waals surface area contributed by atoms with Gasteiger partial charge in [0.15, 0.2) is 0 Å². The molecule has 1 aliphatic heterocycles. The Balaban J connectivity index is 1.68. The van der Waals surface area contributed by atoms with Crippen LogP contribution in [0.25, 0.3) is 0 Å². The minimum Gasteiger partial charge on any atom is -0.392 e. The average Bonchev–Trinajstić information content (AvgIpc) is 2.39. The second-order valence-electron chi connectivity index (χ2n) is 4.59. The molecule has 17 heavy (non-hydrogen) atoms. The lowest BCUT2D eigenvalue weighted by atomic mass is 10.1. The third-order valence-corrected chi connectivity index (χ3v) is 4.12. The van der Waals surface area contributed by atoms with E-state index in [1.807, 2.05) is 17.8 Å². The molecule has 0 radical (unpaired) electrons. The van der Waals surface area contributed by atoms with E-state index >= 15 is 0 Å². The van der Waals surface area contributed by atoms with E-state index < -0.39 is 0 Å². The van der Waals surface area contributed by atoms with Gasteiger partial charge in [-0.2, -0.15) is 11.8 Å². The van der Waals surface area contributed by atoms with E-state index in [0.29, 0.717) is 0 Å². The van der Waals surface area contributed by atoms with Gasteiger partial charge in [0.2, 0.25) is 0 Å². The zero-order chi connectivity index (χ0) is 11.9. The molecule has 1 aromatic carbocycles. The molecule has 0 amide bonds. The highest BCUT2D eigenvalue weighted by Crippen LogP contribution is 2.11. The Kier molecular flexibility index (Phi) is 5.36. The van der Waals surface area contributed by atoms with Crippen molar-refractivity contribution in [2.75, 3.05) is 31.1 Å². The molecule has 1 aromatic rings. The molecule has 1 atom stereocenters. The first-order chi connectivity index (χ1) is 8.34. The SMILES string of the molecule is OC(CCc1ccccc1)CN1CCSCC1. The van der Waals surface area contributed by atoms with Gasteiger partial charge in [0, 0.05) is 31.1 Å². The summed E-state index contributed by atoms with van der Waals surface area (Å²) < 4.78 is 0. The fraction of sp³-hybridized carbons (Fsp3) is 0.571. The van der Waals surface area contributed by atoms with Crippen molar-refractivity contribution >= 4 is 11.8 Å². The Morgan fingerprint density at radius 2 is 1.88 bits per heavy atom. The largest absolute Gasteiger partial charge is 0.392 e. The molecule has 2 nitrogen and oxygen atoms in total. The summed E-state index contributed by atoms with van der Waals surface area (Å²) in [5, 5.41) is 10.0. The number of aliphatic hydroxyl groups excluding tert-OH is 1. The van der Waals surface area contributed by atoms with E-state index in [9.17, 15) is 5.11 Å². The number of rotatable bonds is 5. The maximum atomic E-state index is 10.0. The average molecular weight is 251 g/mol. The summed E-state index contributed by atoms with van der Waals surface area (Å²) >= 11 is 2.01. The zero-order valence-electron chi connectivity index (χ0n) is 10.2. The number of thioether (sulfide) groups is 1. The molecule has 0 spiro atoms. The lowest BCUT2D eigenvalue weighted by molar-refractivity contribution is 0.111. The van der Waals surface area contributed by atoms with Crippen LogP contribution in [-0.2, 0) is 6.42 Å². The van der Waals surface area contributed by atoms with Crippen molar-refractivity contribution in [1.82, 2.24) is 4.90 Å². The fourth-order valence-corrected chi connectivity index (χ4v) is 3.13. The predicted molar refractivity (Wildman–Crippen MR) is 74.5 cm³/mol. The quantitative estimate of drug-likeness (QED) is 0.866. The van der Waals surface area contributed by atoms with Crippen LogP contribution in [0.3, 0.4) is 0 Å². The zero-order valence-corrected chi connectivity index (χ0v) is 11.0. The van der Waals surface area contributed by atoms with E-state index in [0.717, 1.165) is 32.5 Å². The Morgan fingerprint density at radius 3 is 2.59 bits per heavy atom. The summed E-state index contributed by atoms with van der Waals surface area (Å²) in [6.07, 6.45) is 1.66. The molecule has 1 unspecified atom stereocenters. The molecule has 3 heteroatoms. The van der Waals surface area contributed by atoms with Gasteiger partial charge in [-0.1, -0.05) is 30.3 Å². The lowest BCUT2D eigenvalue weighted by Crippen LogP contribution is -2.38. The second-order valence-corrected chi connectivity index (χ2v) is 5.82. The highest BCUT2D eigenvalue weighted by atomic mass is 32.2. The summed E-state index contributed by atoms with van der Waals surface area (Å²) in [5.41, 5.74) is 1.32. The standard InChI is InChI=1S/C14H21NOS/c16-14(12-15-8-10-17-11-9-15)7-6-13-4-2-1-3-5-13/h1-5,14,16H,6-12H2. The van der Waals surface area contributed by atoms with Crippen molar-refractivity contribution in [3.8, 4) is 0 Å². The van der Waals surface area contributed by atoms with Gasteiger partial charge < -0.3 is 5.11 Å². The maximum absolute atomic E-state index is 10.0. The fourth-order valence-electron chi connectivity index (χ4n) is 2.15. The first-order valence-corrected chi connectivity index (χ1v) is 7.52.